The van der Waals surface area contributed by atoms with Crippen molar-refractivity contribution >= 4 is 12.2 Å². The van der Waals surface area contributed by atoms with Gasteiger partial charge in [0.25, 0.3) is 0 Å². The third-order valence-electron chi connectivity index (χ3n) is 3.70. The lowest BCUT2D eigenvalue weighted by Crippen LogP contribution is -2.27. The molecule has 0 saturated carbocycles. The summed E-state index contributed by atoms with van der Waals surface area (Å²) < 4.78 is 6.51. The van der Waals surface area contributed by atoms with E-state index in [1.54, 1.807) is 0 Å². The first-order valence-corrected chi connectivity index (χ1v) is 7.17. The summed E-state index contributed by atoms with van der Waals surface area (Å²) in [5, 5.41) is 3.33. The first kappa shape index (κ1) is 12.3. The summed E-state index contributed by atoms with van der Waals surface area (Å²) in [6.45, 7) is 2.75. The summed E-state index contributed by atoms with van der Waals surface area (Å²) >= 11 is 5.38. The molecule has 1 aromatic heterocycles. The highest BCUT2D eigenvalue weighted by atomic mass is 32.1. The quantitative estimate of drug-likeness (QED) is 0.802. The van der Waals surface area contributed by atoms with Crippen LogP contribution in [0.15, 0.2) is 0 Å². The molecule has 98 valence electrons. The van der Waals surface area contributed by atoms with Gasteiger partial charge in [-0.2, -0.15) is 0 Å². The number of rotatable bonds is 2. The van der Waals surface area contributed by atoms with Crippen LogP contribution in [0, 0.1) is 4.64 Å². The van der Waals surface area contributed by atoms with Gasteiger partial charge >= 0.3 is 0 Å². The molecule has 0 bridgehead atoms. The Labute approximate surface area is 112 Å². The van der Waals surface area contributed by atoms with Crippen LogP contribution in [0.5, 0.6) is 0 Å². The predicted octanol–water partition coefficient (Wildman–Crippen LogP) is 1.90. The average Bonchev–Trinajstić information content (AvgIpc) is 2.40. The Kier molecular flexibility index (Phi) is 3.72. The van der Waals surface area contributed by atoms with E-state index in [0.29, 0.717) is 6.10 Å². The lowest BCUT2D eigenvalue weighted by atomic mass is 10.1. The predicted molar refractivity (Wildman–Crippen MR) is 72.1 cm³/mol. The molecule has 3 rings (SSSR count). The van der Waals surface area contributed by atoms with Crippen molar-refractivity contribution in [3.05, 3.63) is 21.7 Å². The zero-order valence-corrected chi connectivity index (χ0v) is 11.3. The first-order chi connectivity index (χ1) is 8.83. The number of fused-ring (bicyclic) bond motifs is 1. The third kappa shape index (κ3) is 2.63. The number of aromatic amines is 1. The Hall–Kier alpha value is -0.780. The maximum atomic E-state index is 5.76. The second kappa shape index (κ2) is 5.47. The van der Waals surface area contributed by atoms with E-state index in [4.69, 9.17) is 17.0 Å². The number of ether oxygens (including phenoxy) is 1. The molecule has 5 heteroatoms. The van der Waals surface area contributed by atoms with Crippen LogP contribution in [-0.4, -0.2) is 29.2 Å². The fourth-order valence-corrected chi connectivity index (χ4v) is 3.01. The van der Waals surface area contributed by atoms with Crippen LogP contribution in [0.3, 0.4) is 0 Å². The zero-order chi connectivity index (χ0) is 12.4. The van der Waals surface area contributed by atoms with E-state index in [0.717, 1.165) is 49.4 Å². The molecule has 3 heterocycles. The number of H-pyrrole nitrogens is 1. The maximum absolute atomic E-state index is 5.76. The summed E-state index contributed by atoms with van der Waals surface area (Å²) in [5.74, 6) is 0.993. The van der Waals surface area contributed by atoms with Gasteiger partial charge in [-0.05, 0) is 19.3 Å². The molecule has 1 unspecified atom stereocenters. The van der Waals surface area contributed by atoms with Crippen molar-refractivity contribution in [1.29, 1.82) is 0 Å². The molecular formula is C13H19N3OS. The van der Waals surface area contributed by atoms with Crippen molar-refractivity contribution < 1.29 is 4.74 Å². The van der Waals surface area contributed by atoms with Gasteiger partial charge in [0.05, 0.1) is 6.10 Å². The molecule has 4 nitrogen and oxygen atoms in total. The Morgan fingerprint density at radius 2 is 2.33 bits per heavy atom. The van der Waals surface area contributed by atoms with Gasteiger partial charge in [0, 0.05) is 43.8 Å². The molecule has 0 aliphatic carbocycles. The molecule has 1 saturated heterocycles. The number of hydrogen-bond acceptors (Lipinski definition) is 4. The minimum atomic E-state index is 0.316. The number of aromatic nitrogens is 2. The molecule has 1 atom stereocenters. The monoisotopic (exact) mass is 265 g/mol. The molecule has 0 radical (unpaired) electrons. The number of nitrogens with zero attached hydrogens (tertiary/aromatic N) is 1. The highest BCUT2D eigenvalue weighted by molar-refractivity contribution is 7.71. The van der Waals surface area contributed by atoms with Gasteiger partial charge in [0.2, 0.25) is 0 Å². The highest BCUT2D eigenvalue weighted by Crippen LogP contribution is 2.18. The van der Waals surface area contributed by atoms with E-state index < -0.39 is 0 Å². The van der Waals surface area contributed by atoms with Crippen molar-refractivity contribution in [2.45, 2.75) is 44.8 Å². The summed E-state index contributed by atoms with van der Waals surface area (Å²) in [7, 11) is 0. The van der Waals surface area contributed by atoms with Gasteiger partial charge in [-0.3, -0.25) is 0 Å². The Bertz CT molecular complexity index is 480. The summed E-state index contributed by atoms with van der Waals surface area (Å²) in [5.41, 5.74) is 2.43. The van der Waals surface area contributed by atoms with Crippen molar-refractivity contribution in [3.63, 3.8) is 0 Å². The molecule has 2 N–H and O–H groups in total. The molecule has 2 aliphatic rings. The van der Waals surface area contributed by atoms with Crippen LogP contribution in [-0.2, 0) is 24.1 Å². The Morgan fingerprint density at radius 3 is 3.17 bits per heavy atom. The molecule has 1 aromatic rings. The average molecular weight is 265 g/mol. The lowest BCUT2D eigenvalue weighted by molar-refractivity contribution is 0.0156. The van der Waals surface area contributed by atoms with Crippen LogP contribution in [0.25, 0.3) is 0 Å². The van der Waals surface area contributed by atoms with E-state index in [9.17, 15) is 0 Å². The fraction of sp³-hybridized carbons (Fsp3) is 0.692. The highest BCUT2D eigenvalue weighted by Gasteiger charge is 2.18. The molecule has 0 spiro atoms. The molecule has 18 heavy (non-hydrogen) atoms. The molecular weight excluding hydrogens is 246 g/mol. The van der Waals surface area contributed by atoms with Crippen molar-refractivity contribution in [2.24, 2.45) is 0 Å². The van der Waals surface area contributed by atoms with E-state index in [1.165, 1.54) is 24.1 Å². The largest absolute Gasteiger partial charge is 0.378 e. The molecule has 0 amide bonds. The van der Waals surface area contributed by atoms with Crippen LogP contribution in [0.1, 0.15) is 36.3 Å². The second-order valence-corrected chi connectivity index (χ2v) is 5.45. The Balaban J connectivity index is 1.80. The van der Waals surface area contributed by atoms with Gasteiger partial charge in [0.15, 0.2) is 0 Å². The number of hydrogen-bond donors (Lipinski definition) is 2. The maximum Gasteiger partial charge on any atom is 0.134 e. The van der Waals surface area contributed by atoms with E-state index in [2.05, 4.69) is 15.3 Å². The van der Waals surface area contributed by atoms with Crippen LogP contribution >= 0.6 is 12.2 Å². The van der Waals surface area contributed by atoms with Gasteiger partial charge < -0.3 is 15.0 Å². The molecule has 1 fully saturated rings. The summed E-state index contributed by atoms with van der Waals surface area (Å²) in [4.78, 5) is 7.98. The van der Waals surface area contributed by atoms with Crippen LogP contribution in [0.4, 0.5) is 0 Å². The lowest BCUT2D eigenvalue weighted by Gasteiger charge is -2.23. The minimum Gasteiger partial charge on any atom is -0.378 e. The normalized spacial score (nSPS) is 23.7. The van der Waals surface area contributed by atoms with Crippen LogP contribution < -0.4 is 5.32 Å². The smallest absolute Gasteiger partial charge is 0.134 e. The van der Waals surface area contributed by atoms with Crippen molar-refractivity contribution in [1.82, 2.24) is 15.3 Å². The first-order valence-electron chi connectivity index (χ1n) is 6.76. The minimum absolute atomic E-state index is 0.316. The Morgan fingerprint density at radius 1 is 1.39 bits per heavy atom. The van der Waals surface area contributed by atoms with Gasteiger partial charge in [-0.15, -0.1) is 0 Å². The van der Waals surface area contributed by atoms with E-state index in [-0.39, 0.29) is 0 Å². The fourth-order valence-electron chi connectivity index (χ4n) is 2.70. The number of nitrogens with one attached hydrogen (secondary N) is 2. The molecule has 2 aliphatic heterocycles. The summed E-state index contributed by atoms with van der Waals surface area (Å²) in [6, 6.07) is 0. The van der Waals surface area contributed by atoms with E-state index >= 15 is 0 Å². The van der Waals surface area contributed by atoms with Gasteiger partial charge in [-0.1, -0.05) is 12.2 Å². The van der Waals surface area contributed by atoms with Gasteiger partial charge in [-0.25, -0.2) is 4.98 Å². The zero-order valence-electron chi connectivity index (χ0n) is 10.5. The summed E-state index contributed by atoms with van der Waals surface area (Å²) in [6.07, 6.45) is 5.79. The topological polar surface area (TPSA) is 49.9 Å². The standard InChI is InChI=1S/C13H19N3OS/c18-13-10-8-14-5-4-11(10)15-12(16-13)7-9-3-1-2-6-17-9/h9,14H,1-8H2,(H,15,16,18). The van der Waals surface area contributed by atoms with E-state index in [1.807, 2.05) is 0 Å². The second-order valence-electron chi connectivity index (χ2n) is 5.07. The molecule has 0 aromatic carbocycles. The van der Waals surface area contributed by atoms with Crippen molar-refractivity contribution in [2.75, 3.05) is 13.2 Å². The van der Waals surface area contributed by atoms with Crippen molar-refractivity contribution in [3.8, 4) is 0 Å². The SMILES string of the molecule is S=c1nc(CC2CCCCO2)[nH]c2c1CNCC2. The van der Waals surface area contributed by atoms with Crippen LogP contribution in [0.2, 0.25) is 0 Å². The van der Waals surface area contributed by atoms with Gasteiger partial charge in [0.1, 0.15) is 10.5 Å². The third-order valence-corrected chi connectivity index (χ3v) is 4.04.